The number of hydrogen-bond donors (Lipinski definition) is 3. The Morgan fingerprint density at radius 2 is 2.16 bits per heavy atom. The molecule has 0 unspecified atom stereocenters. The van der Waals surface area contributed by atoms with Crippen LogP contribution >= 0.6 is 0 Å². The minimum Gasteiger partial charge on any atom is -0.362 e. The van der Waals surface area contributed by atoms with E-state index in [9.17, 15) is 0 Å². The summed E-state index contributed by atoms with van der Waals surface area (Å²) in [6.45, 7) is 2.35. The summed E-state index contributed by atoms with van der Waals surface area (Å²) >= 11 is 0. The molecule has 2 heterocycles. The quantitative estimate of drug-likeness (QED) is 0.538. The van der Waals surface area contributed by atoms with Crippen LogP contribution < -0.4 is 16.6 Å². The third kappa shape index (κ3) is 2.48. The molecular formula is C11H15N7O. The molecule has 2 aromatic heterocycles. The number of anilines is 2. The number of hydrazine groups is 1. The van der Waals surface area contributed by atoms with Crippen molar-refractivity contribution in [3.05, 3.63) is 23.6 Å². The highest BCUT2D eigenvalue weighted by atomic mass is 16.5. The Balaban J connectivity index is 1.83. The normalized spacial score (nSPS) is 14.4. The lowest BCUT2D eigenvalue weighted by Crippen LogP contribution is -2.15. The van der Waals surface area contributed by atoms with Gasteiger partial charge in [0.15, 0.2) is 5.82 Å². The molecule has 1 fully saturated rings. The van der Waals surface area contributed by atoms with E-state index in [2.05, 4.69) is 35.4 Å². The van der Waals surface area contributed by atoms with Crippen LogP contribution in [0, 0.1) is 6.92 Å². The van der Waals surface area contributed by atoms with Gasteiger partial charge in [0.1, 0.15) is 17.5 Å². The Morgan fingerprint density at radius 1 is 1.37 bits per heavy atom. The lowest BCUT2D eigenvalue weighted by atomic mass is 10.3. The van der Waals surface area contributed by atoms with Gasteiger partial charge in [-0.25, -0.2) is 15.8 Å². The van der Waals surface area contributed by atoms with Gasteiger partial charge in [-0.1, -0.05) is 5.16 Å². The summed E-state index contributed by atoms with van der Waals surface area (Å²) in [5.41, 5.74) is 3.48. The molecule has 0 aliphatic heterocycles. The van der Waals surface area contributed by atoms with Crippen molar-refractivity contribution in [2.24, 2.45) is 5.84 Å². The van der Waals surface area contributed by atoms with Gasteiger partial charge in [0, 0.05) is 11.5 Å². The topological polar surface area (TPSA) is 115 Å². The molecule has 1 saturated carbocycles. The van der Waals surface area contributed by atoms with Crippen LogP contribution in [0.1, 0.15) is 36.0 Å². The molecular weight excluding hydrogens is 246 g/mol. The Labute approximate surface area is 109 Å². The van der Waals surface area contributed by atoms with Gasteiger partial charge >= 0.3 is 0 Å². The van der Waals surface area contributed by atoms with Gasteiger partial charge in [0.25, 0.3) is 0 Å². The molecule has 8 nitrogen and oxygen atoms in total. The van der Waals surface area contributed by atoms with Crippen LogP contribution in [0.3, 0.4) is 0 Å². The maximum absolute atomic E-state index is 5.49. The minimum atomic E-state index is 0.447. The highest BCUT2D eigenvalue weighted by molar-refractivity contribution is 5.57. The van der Waals surface area contributed by atoms with Crippen LogP contribution in [0.2, 0.25) is 0 Å². The van der Waals surface area contributed by atoms with Crippen molar-refractivity contribution in [2.45, 2.75) is 32.2 Å². The molecule has 1 aliphatic carbocycles. The van der Waals surface area contributed by atoms with E-state index in [1.165, 1.54) is 6.39 Å². The van der Waals surface area contributed by atoms with Crippen LogP contribution in [0.4, 0.5) is 11.6 Å². The lowest BCUT2D eigenvalue weighted by molar-refractivity contribution is 0.411. The zero-order valence-electron chi connectivity index (χ0n) is 10.6. The van der Waals surface area contributed by atoms with Gasteiger partial charge in [-0.2, -0.15) is 4.98 Å². The van der Waals surface area contributed by atoms with Crippen LogP contribution in [0.5, 0.6) is 0 Å². The average molecular weight is 261 g/mol. The van der Waals surface area contributed by atoms with E-state index in [4.69, 9.17) is 5.84 Å². The van der Waals surface area contributed by atoms with Gasteiger partial charge < -0.3 is 15.3 Å². The first-order valence-corrected chi connectivity index (χ1v) is 6.12. The maximum atomic E-state index is 5.49. The second-order valence-electron chi connectivity index (χ2n) is 4.52. The summed E-state index contributed by atoms with van der Waals surface area (Å²) in [5, 5.41) is 6.92. The van der Waals surface area contributed by atoms with Crippen molar-refractivity contribution in [1.82, 2.24) is 20.1 Å². The van der Waals surface area contributed by atoms with Gasteiger partial charge in [0.05, 0.1) is 6.54 Å². The molecule has 2 aromatic rings. The lowest BCUT2D eigenvalue weighted by Gasteiger charge is -2.12. The second kappa shape index (κ2) is 4.81. The van der Waals surface area contributed by atoms with E-state index in [1.807, 2.05) is 6.92 Å². The van der Waals surface area contributed by atoms with E-state index >= 15 is 0 Å². The first kappa shape index (κ1) is 11.8. The molecule has 1 aliphatic rings. The van der Waals surface area contributed by atoms with Crippen LogP contribution in [-0.4, -0.2) is 20.1 Å². The number of rotatable bonds is 5. The van der Waals surface area contributed by atoms with E-state index in [0.29, 0.717) is 24.1 Å². The smallest absolute Gasteiger partial charge is 0.213 e. The fourth-order valence-corrected chi connectivity index (χ4v) is 1.80. The zero-order valence-corrected chi connectivity index (χ0v) is 10.6. The fourth-order valence-electron chi connectivity index (χ4n) is 1.80. The minimum absolute atomic E-state index is 0.447. The van der Waals surface area contributed by atoms with Gasteiger partial charge in [-0.15, -0.1) is 0 Å². The molecule has 0 amide bonds. The van der Waals surface area contributed by atoms with Crippen molar-refractivity contribution in [3.8, 4) is 0 Å². The van der Waals surface area contributed by atoms with Crippen molar-refractivity contribution in [2.75, 3.05) is 10.7 Å². The number of nitrogens with zero attached hydrogens (tertiary/aromatic N) is 4. The zero-order chi connectivity index (χ0) is 13.2. The monoisotopic (exact) mass is 261 g/mol. The van der Waals surface area contributed by atoms with E-state index in [1.54, 1.807) is 0 Å². The van der Waals surface area contributed by atoms with E-state index < -0.39 is 0 Å². The molecule has 0 radical (unpaired) electrons. The molecule has 0 bridgehead atoms. The molecule has 0 saturated heterocycles. The third-order valence-electron chi connectivity index (χ3n) is 3.06. The standard InChI is InChI=1S/C11H15N7O/c1-6-9(13-4-8-14-5-19-18-8)15-11(7-2-3-7)16-10(6)17-12/h5,7H,2-4,12H2,1H3,(H2,13,15,16,17). The van der Waals surface area contributed by atoms with Crippen molar-refractivity contribution < 1.29 is 4.52 Å². The first-order valence-electron chi connectivity index (χ1n) is 6.12. The van der Waals surface area contributed by atoms with Crippen molar-refractivity contribution in [3.63, 3.8) is 0 Å². The summed E-state index contributed by atoms with van der Waals surface area (Å²) in [4.78, 5) is 12.9. The largest absolute Gasteiger partial charge is 0.362 e. The van der Waals surface area contributed by atoms with Crippen molar-refractivity contribution >= 4 is 11.6 Å². The second-order valence-corrected chi connectivity index (χ2v) is 4.52. The highest BCUT2D eigenvalue weighted by Gasteiger charge is 2.28. The Kier molecular flexibility index (Phi) is 3.00. The SMILES string of the molecule is Cc1c(NN)nc(C2CC2)nc1NCc1ncon1. The number of aromatic nitrogens is 4. The summed E-state index contributed by atoms with van der Waals surface area (Å²) in [7, 11) is 0. The van der Waals surface area contributed by atoms with Gasteiger partial charge in [0.2, 0.25) is 6.39 Å². The number of hydrogen-bond acceptors (Lipinski definition) is 8. The number of nitrogens with one attached hydrogen (secondary N) is 2. The van der Waals surface area contributed by atoms with Crippen LogP contribution in [-0.2, 0) is 6.54 Å². The first-order chi connectivity index (χ1) is 9.28. The summed E-state index contributed by atoms with van der Waals surface area (Å²) in [6, 6.07) is 0. The molecule has 8 heteroatoms. The number of nitrogens with two attached hydrogens (primary N) is 1. The predicted octanol–water partition coefficient (Wildman–Crippen LogP) is 0.943. The van der Waals surface area contributed by atoms with E-state index in [-0.39, 0.29) is 0 Å². The maximum Gasteiger partial charge on any atom is 0.213 e. The molecule has 3 rings (SSSR count). The molecule has 0 aromatic carbocycles. The Hall–Kier alpha value is -2.22. The van der Waals surface area contributed by atoms with Crippen LogP contribution in [0.15, 0.2) is 10.9 Å². The van der Waals surface area contributed by atoms with Crippen molar-refractivity contribution in [1.29, 1.82) is 0 Å². The summed E-state index contributed by atoms with van der Waals surface area (Å²) in [6.07, 6.45) is 3.57. The predicted molar refractivity (Wildman–Crippen MR) is 68.2 cm³/mol. The molecule has 100 valence electrons. The Morgan fingerprint density at radius 3 is 2.79 bits per heavy atom. The average Bonchev–Trinajstić information content (AvgIpc) is 3.14. The Bertz CT molecular complexity index is 565. The molecule has 0 atom stereocenters. The fraction of sp³-hybridized carbons (Fsp3) is 0.455. The summed E-state index contributed by atoms with van der Waals surface area (Å²) in [5.74, 6) is 8.74. The molecule has 19 heavy (non-hydrogen) atoms. The molecule has 4 N–H and O–H groups in total. The molecule has 0 spiro atoms. The number of nitrogen functional groups attached to an aromatic ring is 1. The van der Waals surface area contributed by atoms with Gasteiger partial charge in [-0.05, 0) is 19.8 Å². The third-order valence-corrected chi connectivity index (χ3v) is 3.06. The summed E-state index contributed by atoms with van der Waals surface area (Å²) < 4.78 is 4.68. The van der Waals surface area contributed by atoms with E-state index in [0.717, 1.165) is 30.0 Å². The van der Waals surface area contributed by atoms with Crippen LogP contribution in [0.25, 0.3) is 0 Å². The highest BCUT2D eigenvalue weighted by Crippen LogP contribution is 2.39. The van der Waals surface area contributed by atoms with Gasteiger partial charge in [-0.3, -0.25) is 0 Å².